The zero-order valence-electron chi connectivity index (χ0n) is 14.9. The third kappa shape index (κ3) is 5.98. The number of benzene rings is 1. The fourth-order valence-electron chi connectivity index (χ4n) is 3.03. The van der Waals surface area contributed by atoms with Crippen molar-refractivity contribution >= 4 is 5.78 Å². The van der Waals surface area contributed by atoms with E-state index in [1.807, 2.05) is 25.1 Å². The van der Waals surface area contributed by atoms with Crippen LogP contribution in [-0.2, 0) is 0 Å². The average molecular weight is 317 g/mol. The highest BCUT2D eigenvalue weighted by Gasteiger charge is 2.14. The molecule has 1 aromatic rings. The maximum atomic E-state index is 12.5. The number of nitrogens with zero attached hydrogens (tertiary/aromatic N) is 1. The van der Waals surface area contributed by atoms with E-state index in [1.54, 1.807) is 0 Å². The summed E-state index contributed by atoms with van der Waals surface area (Å²) in [5.41, 5.74) is 1.87. The highest BCUT2D eigenvalue weighted by molar-refractivity contribution is 5.97. The molecule has 23 heavy (non-hydrogen) atoms. The number of rotatable bonds is 8. The lowest BCUT2D eigenvalue weighted by atomic mass is 10.0. The number of carbonyl (C=O) groups excluding carboxylic acids is 1. The number of aryl methyl sites for hydroxylation is 1. The molecular formula is C20H31NO2. The van der Waals surface area contributed by atoms with E-state index in [0.29, 0.717) is 12.3 Å². The number of ketones is 1. The zero-order chi connectivity index (χ0) is 16.7. The molecule has 1 aliphatic rings. The lowest BCUT2D eigenvalue weighted by Gasteiger charge is -2.26. The van der Waals surface area contributed by atoms with Crippen LogP contribution in [0.3, 0.4) is 0 Å². The molecule has 0 N–H and O–H groups in total. The van der Waals surface area contributed by atoms with Gasteiger partial charge in [0.25, 0.3) is 0 Å². The second-order valence-electron chi connectivity index (χ2n) is 7.08. The van der Waals surface area contributed by atoms with Gasteiger partial charge in [-0.25, -0.2) is 0 Å². The smallest absolute Gasteiger partial charge is 0.164 e. The first-order valence-electron chi connectivity index (χ1n) is 9.05. The Morgan fingerprint density at radius 2 is 1.96 bits per heavy atom. The normalized spacial score (nSPS) is 15.8. The van der Waals surface area contributed by atoms with Gasteiger partial charge in [-0.15, -0.1) is 0 Å². The molecule has 128 valence electrons. The predicted molar refractivity (Wildman–Crippen MR) is 95.4 cm³/mol. The lowest BCUT2D eigenvalue weighted by molar-refractivity contribution is 0.0958. The molecule has 0 unspecified atom stereocenters. The summed E-state index contributed by atoms with van der Waals surface area (Å²) in [6.45, 7) is 10.3. The fourth-order valence-corrected chi connectivity index (χ4v) is 3.03. The van der Waals surface area contributed by atoms with Crippen molar-refractivity contribution in [3.8, 4) is 5.75 Å². The van der Waals surface area contributed by atoms with Crippen molar-refractivity contribution in [1.82, 2.24) is 4.90 Å². The summed E-state index contributed by atoms with van der Waals surface area (Å²) in [7, 11) is 0. The van der Waals surface area contributed by atoms with Crippen LogP contribution < -0.4 is 4.74 Å². The maximum absolute atomic E-state index is 12.5. The van der Waals surface area contributed by atoms with Crippen LogP contribution in [0.1, 0.15) is 61.9 Å². The minimum atomic E-state index is 0.252. The molecule has 0 aromatic heterocycles. The van der Waals surface area contributed by atoms with Gasteiger partial charge in [0.05, 0.1) is 6.61 Å². The van der Waals surface area contributed by atoms with E-state index >= 15 is 0 Å². The van der Waals surface area contributed by atoms with Crippen molar-refractivity contribution in [3.63, 3.8) is 0 Å². The van der Waals surface area contributed by atoms with Crippen molar-refractivity contribution in [2.75, 3.05) is 26.2 Å². The molecule has 0 atom stereocenters. The molecule has 1 saturated heterocycles. The molecule has 0 radical (unpaired) electrons. The number of ether oxygens (including phenoxy) is 1. The number of hydrogen-bond donors (Lipinski definition) is 0. The summed E-state index contributed by atoms with van der Waals surface area (Å²) >= 11 is 0. The molecular weight excluding hydrogens is 286 g/mol. The Bertz CT molecular complexity index is 504. The molecule has 1 aliphatic heterocycles. The minimum Gasteiger partial charge on any atom is -0.494 e. The number of carbonyl (C=O) groups is 1. The molecule has 0 amide bonds. The summed E-state index contributed by atoms with van der Waals surface area (Å²) in [4.78, 5) is 14.9. The van der Waals surface area contributed by atoms with E-state index in [1.165, 1.54) is 19.3 Å². The number of piperidine rings is 1. The molecule has 1 fully saturated rings. The van der Waals surface area contributed by atoms with Gasteiger partial charge in [-0.1, -0.05) is 20.3 Å². The van der Waals surface area contributed by atoms with Crippen LogP contribution in [-0.4, -0.2) is 36.9 Å². The van der Waals surface area contributed by atoms with Crippen LogP contribution in [0.4, 0.5) is 0 Å². The van der Waals surface area contributed by atoms with Gasteiger partial charge in [-0.05, 0) is 69.0 Å². The number of hydrogen-bond acceptors (Lipinski definition) is 3. The minimum absolute atomic E-state index is 0.252. The molecule has 1 aromatic carbocycles. The number of likely N-dealkylation sites (tertiary alicyclic amines) is 1. The van der Waals surface area contributed by atoms with Gasteiger partial charge >= 0.3 is 0 Å². The van der Waals surface area contributed by atoms with Gasteiger partial charge in [0, 0.05) is 18.5 Å². The SMILES string of the molecule is Cc1cc(OCCC(C)C)ccc1C(=O)CCN1CCCCC1. The molecule has 0 spiro atoms. The van der Waals surface area contributed by atoms with E-state index in [4.69, 9.17) is 4.74 Å². The summed E-state index contributed by atoms with van der Waals surface area (Å²) in [6, 6.07) is 5.86. The molecule has 2 rings (SSSR count). The van der Waals surface area contributed by atoms with Gasteiger partial charge in [0.1, 0.15) is 5.75 Å². The quantitative estimate of drug-likeness (QED) is 0.662. The maximum Gasteiger partial charge on any atom is 0.164 e. The average Bonchev–Trinajstić information content (AvgIpc) is 2.53. The van der Waals surface area contributed by atoms with Crippen molar-refractivity contribution in [2.24, 2.45) is 5.92 Å². The zero-order valence-corrected chi connectivity index (χ0v) is 14.9. The first-order chi connectivity index (χ1) is 11.1. The molecule has 3 heteroatoms. The monoisotopic (exact) mass is 317 g/mol. The summed E-state index contributed by atoms with van der Waals surface area (Å²) in [5.74, 6) is 1.77. The van der Waals surface area contributed by atoms with E-state index in [2.05, 4.69) is 18.7 Å². The second kappa shape index (κ2) is 9.07. The van der Waals surface area contributed by atoms with Gasteiger partial charge < -0.3 is 9.64 Å². The van der Waals surface area contributed by atoms with Gasteiger partial charge in [0.15, 0.2) is 5.78 Å². The Morgan fingerprint density at radius 1 is 1.22 bits per heavy atom. The third-order valence-electron chi connectivity index (χ3n) is 4.57. The van der Waals surface area contributed by atoms with E-state index in [0.717, 1.165) is 49.5 Å². The predicted octanol–water partition coefficient (Wildman–Crippen LogP) is 4.48. The molecule has 0 bridgehead atoms. The molecule has 3 nitrogen and oxygen atoms in total. The van der Waals surface area contributed by atoms with Crippen molar-refractivity contribution in [3.05, 3.63) is 29.3 Å². The third-order valence-corrected chi connectivity index (χ3v) is 4.57. The first kappa shape index (κ1) is 18.0. The van der Waals surface area contributed by atoms with E-state index < -0.39 is 0 Å². The van der Waals surface area contributed by atoms with Crippen LogP contribution in [0.5, 0.6) is 5.75 Å². The van der Waals surface area contributed by atoms with Crippen LogP contribution >= 0.6 is 0 Å². The molecule has 0 saturated carbocycles. The Hall–Kier alpha value is -1.35. The second-order valence-corrected chi connectivity index (χ2v) is 7.08. The standard InChI is InChI=1S/C20H31NO2/c1-16(2)10-14-23-18-7-8-19(17(3)15-18)20(22)9-13-21-11-5-4-6-12-21/h7-8,15-16H,4-6,9-14H2,1-3H3. The largest absolute Gasteiger partial charge is 0.494 e. The van der Waals surface area contributed by atoms with Crippen LogP contribution in [0, 0.1) is 12.8 Å². The lowest BCUT2D eigenvalue weighted by Crippen LogP contribution is -2.31. The molecule has 1 heterocycles. The van der Waals surface area contributed by atoms with E-state index in [-0.39, 0.29) is 5.78 Å². The summed E-state index contributed by atoms with van der Waals surface area (Å²) in [5, 5.41) is 0. The van der Waals surface area contributed by atoms with Gasteiger partial charge in [-0.3, -0.25) is 4.79 Å². The van der Waals surface area contributed by atoms with Crippen molar-refractivity contribution < 1.29 is 9.53 Å². The first-order valence-corrected chi connectivity index (χ1v) is 9.05. The van der Waals surface area contributed by atoms with Crippen LogP contribution in [0.15, 0.2) is 18.2 Å². The van der Waals surface area contributed by atoms with Crippen molar-refractivity contribution in [2.45, 2.75) is 52.9 Å². The van der Waals surface area contributed by atoms with Gasteiger partial charge in [-0.2, -0.15) is 0 Å². The Morgan fingerprint density at radius 3 is 2.61 bits per heavy atom. The van der Waals surface area contributed by atoms with Crippen molar-refractivity contribution in [1.29, 1.82) is 0 Å². The highest BCUT2D eigenvalue weighted by Crippen LogP contribution is 2.20. The van der Waals surface area contributed by atoms with E-state index in [9.17, 15) is 4.79 Å². The summed E-state index contributed by atoms with van der Waals surface area (Å²) in [6.07, 6.45) is 5.55. The Labute approximate surface area is 141 Å². The highest BCUT2D eigenvalue weighted by atomic mass is 16.5. The number of Topliss-reactive ketones (excluding diaryl/α,β-unsaturated/α-hetero) is 1. The van der Waals surface area contributed by atoms with Crippen LogP contribution in [0.2, 0.25) is 0 Å². The summed E-state index contributed by atoms with van der Waals surface area (Å²) < 4.78 is 5.77. The fraction of sp³-hybridized carbons (Fsp3) is 0.650. The Kier molecular flexibility index (Phi) is 7.10. The van der Waals surface area contributed by atoms with Crippen LogP contribution in [0.25, 0.3) is 0 Å². The Balaban J connectivity index is 1.84. The molecule has 0 aliphatic carbocycles. The van der Waals surface area contributed by atoms with Gasteiger partial charge in [0.2, 0.25) is 0 Å². The topological polar surface area (TPSA) is 29.5 Å².